The SMILES string of the molecule is C=C(CC)Cc1ccc(OP(OCCCCCCCCCCCCCCCCCC)Oc2ccc(CCCC)cc2)cc1. The van der Waals surface area contributed by atoms with E-state index in [1.54, 1.807) is 0 Å². The zero-order chi connectivity index (χ0) is 30.8. The molecule has 3 nitrogen and oxygen atoms in total. The van der Waals surface area contributed by atoms with E-state index in [2.05, 4.69) is 51.6 Å². The molecule has 0 spiro atoms. The lowest BCUT2D eigenvalue weighted by Gasteiger charge is -2.18. The Hall–Kier alpha value is -1.83. The number of hydrogen-bond donors (Lipinski definition) is 0. The van der Waals surface area contributed by atoms with Crippen LogP contribution in [0, 0.1) is 0 Å². The zero-order valence-corrected chi connectivity index (χ0v) is 28.9. The molecule has 0 heterocycles. The highest BCUT2D eigenvalue weighted by atomic mass is 31.2. The summed E-state index contributed by atoms with van der Waals surface area (Å²) >= 11 is 0. The Kier molecular flexibility index (Phi) is 22.1. The summed E-state index contributed by atoms with van der Waals surface area (Å²) in [5.41, 5.74) is 3.84. The van der Waals surface area contributed by atoms with Gasteiger partial charge < -0.3 is 9.05 Å². The molecule has 0 aliphatic heterocycles. The van der Waals surface area contributed by atoms with E-state index in [1.165, 1.54) is 126 Å². The third kappa shape index (κ3) is 19.2. The van der Waals surface area contributed by atoms with Gasteiger partial charge in [0, 0.05) is 0 Å². The van der Waals surface area contributed by atoms with Crippen molar-refractivity contribution in [3.63, 3.8) is 0 Å². The van der Waals surface area contributed by atoms with Crippen molar-refractivity contribution in [3.05, 3.63) is 71.8 Å². The van der Waals surface area contributed by atoms with Crippen molar-refractivity contribution in [1.29, 1.82) is 0 Å². The van der Waals surface area contributed by atoms with Gasteiger partial charge in [-0.1, -0.05) is 160 Å². The van der Waals surface area contributed by atoms with Crippen LogP contribution in [0.15, 0.2) is 60.7 Å². The third-order valence-electron chi connectivity index (χ3n) is 8.17. The van der Waals surface area contributed by atoms with Gasteiger partial charge in [-0.05, 0) is 67.5 Å². The second-order valence-electron chi connectivity index (χ2n) is 12.2. The molecule has 0 N–H and O–H groups in total. The van der Waals surface area contributed by atoms with Gasteiger partial charge in [0.25, 0.3) is 0 Å². The highest BCUT2D eigenvalue weighted by Gasteiger charge is 2.17. The lowest BCUT2D eigenvalue weighted by atomic mass is 10.0. The van der Waals surface area contributed by atoms with Crippen LogP contribution in [0.5, 0.6) is 11.5 Å². The van der Waals surface area contributed by atoms with Crippen LogP contribution in [-0.2, 0) is 17.4 Å². The van der Waals surface area contributed by atoms with Crippen LogP contribution >= 0.6 is 8.60 Å². The summed E-state index contributed by atoms with van der Waals surface area (Å²) in [5, 5.41) is 0. The Morgan fingerprint density at radius 3 is 1.40 bits per heavy atom. The number of benzene rings is 2. The van der Waals surface area contributed by atoms with Gasteiger partial charge in [-0.3, -0.25) is 4.52 Å². The smallest absolute Gasteiger partial charge is 0.418 e. The van der Waals surface area contributed by atoms with E-state index >= 15 is 0 Å². The molecule has 1 unspecified atom stereocenters. The number of allylic oxidation sites excluding steroid dienone is 1. The molecule has 2 aromatic rings. The normalized spacial score (nSPS) is 11.9. The first-order valence-electron chi connectivity index (χ1n) is 17.8. The summed E-state index contributed by atoms with van der Waals surface area (Å²) in [5.74, 6) is 1.58. The van der Waals surface area contributed by atoms with E-state index in [9.17, 15) is 0 Å². The summed E-state index contributed by atoms with van der Waals surface area (Å²) in [4.78, 5) is 0. The molecule has 1 atom stereocenters. The average Bonchev–Trinajstić information content (AvgIpc) is 3.03. The van der Waals surface area contributed by atoms with Gasteiger partial charge in [0.1, 0.15) is 11.5 Å². The molecule has 4 heteroatoms. The molecule has 0 aliphatic carbocycles. The molecule has 0 saturated carbocycles. The Labute approximate surface area is 267 Å². The monoisotopic (exact) mass is 610 g/mol. The fraction of sp³-hybridized carbons (Fsp3) is 0.641. The van der Waals surface area contributed by atoms with Crippen molar-refractivity contribution in [3.8, 4) is 11.5 Å². The van der Waals surface area contributed by atoms with Gasteiger partial charge in [-0.25, -0.2) is 0 Å². The molecule has 0 aliphatic rings. The van der Waals surface area contributed by atoms with Crippen molar-refractivity contribution in [2.24, 2.45) is 0 Å². The molecule has 242 valence electrons. The van der Waals surface area contributed by atoms with Crippen LogP contribution < -0.4 is 9.05 Å². The Bertz CT molecular complexity index is 925. The van der Waals surface area contributed by atoms with E-state index in [-0.39, 0.29) is 0 Å². The molecular formula is C39H63O3P. The molecular weight excluding hydrogens is 547 g/mol. The van der Waals surface area contributed by atoms with Crippen LogP contribution in [0.3, 0.4) is 0 Å². The molecule has 43 heavy (non-hydrogen) atoms. The summed E-state index contributed by atoms with van der Waals surface area (Å²) in [7, 11) is -1.52. The van der Waals surface area contributed by atoms with Gasteiger partial charge in [-0.15, -0.1) is 0 Å². The number of rotatable bonds is 28. The maximum absolute atomic E-state index is 6.23. The van der Waals surface area contributed by atoms with Crippen LogP contribution in [0.2, 0.25) is 0 Å². The van der Waals surface area contributed by atoms with Crippen LogP contribution in [-0.4, -0.2) is 6.61 Å². The maximum atomic E-state index is 6.23. The second-order valence-corrected chi connectivity index (χ2v) is 13.3. The number of unbranched alkanes of at least 4 members (excludes halogenated alkanes) is 16. The summed E-state index contributed by atoms with van der Waals surface area (Å²) < 4.78 is 18.6. The van der Waals surface area contributed by atoms with Crippen molar-refractivity contribution in [1.82, 2.24) is 0 Å². The summed E-state index contributed by atoms with van der Waals surface area (Å²) in [6.07, 6.45) is 27.3. The van der Waals surface area contributed by atoms with Crippen molar-refractivity contribution in [2.75, 3.05) is 6.61 Å². The van der Waals surface area contributed by atoms with Gasteiger partial charge >= 0.3 is 8.60 Å². The van der Waals surface area contributed by atoms with E-state index in [1.807, 2.05) is 24.3 Å². The lowest BCUT2D eigenvalue weighted by Crippen LogP contribution is -2.02. The summed E-state index contributed by atoms with van der Waals surface area (Å²) in [6.45, 7) is 11.5. The van der Waals surface area contributed by atoms with Crippen molar-refractivity contribution < 1.29 is 13.6 Å². The number of hydrogen-bond acceptors (Lipinski definition) is 3. The molecule has 0 saturated heterocycles. The van der Waals surface area contributed by atoms with Crippen LogP contribution in [0.4, 0.5) is 0 Å². The van der Waals surface area contributed by atoms with Gasteiger partial charge in [0.05, 0.1) is 6.61 Å². The first-order chi connectivity index (χ1) is 21.1. The summed E-state index contributed by atoms with van der Waals surface area (Å²) in [6, 6.07) is 16.7. The van der Waals surface area contributed by atoms with E-state index in [0.717, 1.165) is 37.2 Å². The molecule has 0 radical (unpaired) electrons. The Balaban J connectivity index is 1.66. The molecule has 2 aromatic carbocycles. The highest BCUT2D eigenvalue weighted by molar-refractivity contribution is 7.42. The quantitative estimate of drug-likeness (QED) is 0.0545. The molecule has 2 rings (SSSR count). The minimum atomic E-state index is -1.52. The molecule has 0 bridgehead atoms. The largest absolute Gasteiger partial charge is 0.463 e. The first-order valence-corrected chi connectivity index (χ1v) is 18.9. The molecule has 0 aromatic heterocycles. The van der Waals surface area contributed by atoms with Crippen molar-refractivity contribution >= 4 is 8.60 Å². The topological polar surface area (TPSA) is 27.7 Å². The maximum Gasteiger partial charge on any atom is 0.463 e. The number of aryl methyl sites for hydroxylation is 1. The fourth-order valence-electron chi connectivity index (χ4n) is 5.21. The van der Waals surface area contributed by atoms with Gasteiger partial charge in [0.15, 0.2) is 0 Å². The van der Waals surface area contributed by atoms with E-state index < -0.39 is 8.60 Å². The predicted octanol–water partition coefficient (Wildman–Crippen LogP) is 13.5. The Morgan fingerprint density at radius 1 is 0.535 bits per heavy atom. The second kappa shape index (κ2) is 25.5. The lowest BCUT2D eigenvalue weighted by molar-refractivity contribution is 0.258. The van der Waals surface area contributed by atoms with Crippen LogP contribution in [0.1, 0.15) is 154 Å². The van der Waals surface area contributed by atoms with Crippen LogP contribution in [0.25, 0.3) is 0 Å². The minimum absolute atomic E-state index is 0.660. The van der Waals surface area contributed by atoms with Gasteiger partial charge in [-0.2, -0.15) is 0 Å². The predicted molar refractivity (Wildman–Crippen MR) is 188 cm³/mol. The highest BCUT2D eigenvalue weighted by Crippen LogP contribution is 2.42. The van der Waals surface area contributed by atoms with E-state index in [0.29, 0.717) is 6.61 Å². The zero-order valence-electron chi connectivity index (χ0n) is 28.1. The first kappa shape index (κ1) is 37.4. The fourth-order valence-corrected chi connectivity index (χ4v) is 6.22. The molecule has 0 amide bonds. The average molecular weight is 611 g/mol. The van der Waals surface area contributed by atoms with E-state index in [4.69, 9.17) is 13.6 Å². The van der Waals surface area contributed by atoms with Gasteiger partial charge in [0.2, 0.25) is 0 Å². The Morgan fingerprint density at radius 2 is 0.953 bits per heavy atom. The molecule has 0 fully saturated rings. The third-order valence-corrected chi connectivity index (χ3v) is 9.29. The minimum Gasteiger partial charge on any atom is -0.418 e. The standard InChI is InChI=1S/C39H63O3P/c1-5-8-10-11-12-13-14-15-16-17-18-19-20-21-22-23-33-40-43(41-38-29-25-36(26-30-38)24-9-6-2)42-39-31-27-37(28-32-39)34-35(4)7-3/h25-32H,4-24,33-34H2,1-3H3. The van der Waals surface area contributed by atoms with Crippen molar-refractivity contribution in [2.45, 2.75) is 156 Å².